The first-order valence-corrected chi connectivity index (χ1v) is 8.37. The van der Waals surface area contributed by atoms with Crippen molar-refractivity contribution in [2.45, 2.75) is 5.38 Å². The topological polar surface area (TPSA) is 0 Å². The Kier molecular flexibility index (Phi) is 4.35. The fourth-order valence-electron chi connectivity index (χ4n) is 1.09. The maximum absolute atomic E-state index is 6.39. The van der Waals surface area contributed by atoms with Crippen molar-refractivity contribution in [2.75, 3.05) is 0 Å². The summed E-state index contributed by atoms with van der Waals surface area (Å²) < 4.78 is 3.25. The molecule has 0 saturated carbocycles. The maximum Gasteiger partial charge on any atom is 0.102 e. The Morgan fingerprint density at radius 1 is 1.07 bits per heavy atom. The van der Waals surface area contributed by atoms with E-state index in [-0.39, 0.29) is 5.38 Å². The molecule has 1 unspecified atom stereocenters. The summed E-state index contributed by atoms with van der Waals surface area (Å²) in [7, 11) is 0. The molecule has 0 saturated heterocycles. The molecule has 80 valence electrons. The van der Waals surface area contributed by atoms with E-state index in [0.717, 1.165) is 21.8 Å². The largest absolute Gasteiger partial charge is 0.131 e. The molecule has 0 aliphatic carbocycles. The molecule has 0 spiro atoms. The minimum Gasteiger partial charge on any atom is -0.131 e. The van der Waals surface area contributed by atoms with Crippen LogP contribution in [0, 0.1) is 0 Å². The summed E-state index contributed by atoms with van der Waals surface area (Å²) in [4.78, 5) is 2.30. The van der Waals surface area contributed by atoms with E-state index in [1.54, 1.807) is 22.7 Å². The van der Waals surface area contributed by atoms with E-state index in [0.29, 0.717) is 0 Å². The van der Waals surface area contributed by atoms with Gasteiger partial charge in [-0.2, -0.15) is 0 Å². The van der Waals surface area contributed by atoms with Gasteiger partial charge in [0.2, 0.25) is 0 Å². The van der Waals surface area contributed by atoms with Crippen LogP contribution in [-0.2, 0) is 0 Å². The van der Waals surface area contributed by atoms with Crippen molar-refractivity contribution in [1.82, 2.24) is 0 Å². The molecule has 0 aliphatic heterocycles. The highest BCUT2D eigenvalue weighted by Gasteiger charge is 2.16. The van der Waals surface area contributed by atoms with E-state index < -0.39 is 0 Å². The van der Waals surface area contributed by atoms with Gasteiger partial charge in [0.15, 0.2) is 0 Å². The molecule has 0 radical (unpaired) electrons. The van der Waals surface area contributed by atoms with Gasteiger partial charge in [0.25, 0.3) is 0 Å². The van der Waals surface area contributed by atoms with Crippen LogP contribution in [0.1, 0.15) is 15.1 Å². The van der Waals surface area contributed by atoms with Crippen molar-refractivity contribution >= 4 is 82.1 Å². The van der Waals surface area contributed by atoms with E-state index in [4.69, 9.17) is 11.6 Å². The molecule has 0 aromatic carbocycles. The van der Waals surface area contributed by atoms with Gasteiger partial charge in [-0.25, -0.2) is 0 Å². The minimum atomic E-state index is -0.0612. The molecule has 2 aromatic heterocycles. The Hall–Kier alpha value is 1.13. The first-order valence-electron chi connectivity index (χ1n) is 3.92. The van der Waals surface area contributed by atoms with Crippen molar-refractivity contribution in [2.24, 2.45) is 0 Å². The molecule has 0 N–H and O–H groups in total. The van der Waals surface area contributed by atoms with Gasteiger partial charge >= 0.3 is 0 Å². The lowest BCUT2D eigenvalue weighted by molar-refractivity contribution is 1.24. The quantitative estimate of drug-likeness (QED) is 0.462. The average molecular weight is 451 g/mol. The highest BCUT2D eigenvalue weighted by Crippen LogP contribution is 2.42. The molecular formula is C9H4Br3ClS2. The second kappa shape index (κ2) is 5.19. The Balaban J connectivity index is 2.31. The lowest BCUT2D eigenvalue weighted by Gasteiger charge is -2.02. The zero-order valence-electron chi connectivity index (χ0n) is 7.14. The second-order valence-electron chi connectivity index (χ2n) is 2.77. The summed E-state index contributed by atoms with van der Waals surface area (Å²) in [6.07, 6.45) is 0. The number of hydrogen-bond donors (Lipinski definition) is 0. The first-order chi connectivity index (χ1) is 7.08. The molecular weight excluding hydrogens is 447 g/mol. The fourth-order valence-corrected chi connectivity index (χ4v) is 5.08. The number of alkyl halides is 1. The van der Waals surface area contributed by atoms with Crippen LogP contribution < -0.4 is 0 Å². The van der Waals surface area contributed by atoms with Crippen molar-refractivity contribution < 1.29 is 0 Å². The molecule has 2 aromatic rings. The lowest BCUT2D eigenvalue weighted by Crippen LogP contribution is -1.83. The molecule has 0 bridgehead atoms. The molecule has 6 heteroatoms. The zero-order valence-corrected chi connectivity index (χ0v) is 14.3. The summed E-state index contributed by atoms with van der Waals surface area (Å²) in [6, 6.07) is 6.13. The van der Waals surface area contributed by atoms with E-state index in [1.807, 2.05) is 12.1 Å². The third-order valence-electron chi connectivity index (χ3n) is 1.76. The zero-order chi connectivity index (χ0) is 11.0. The fraction of sp³-hybridized carbons (Fsp3) is 0.111. The van der Waals surface area contributed by atoms with Gasteiger partial charge in [0, 0.05) is 14.2 Å². The number of rotatable bonds is 2. The normalized spacial score (nSPS) is 13.1. The van der Waals surface area contributed by atoms with Crippen LogP contribution in [0.25, 0.3) is 0 Å². The molecule has 0 amide bonds. The molecule has 1 atom stereocenters. The monoisotopic (exact) mass is 448 g/mol. The molecule has 0 fully saturated rings. The molecule has 2 rings (SSSR count). The summed E-state index contributed by atoms with van der Waals surface area (Å²) in [5.74, 6) is 0. The molecule has 2 heterocycles. The smallest absolute Gasteiger partial charge is 0.102 e. The number of thiophene rings is 2. The van der Waals surface area contributed by atoms with Crippen molar-refractivity contribution in [3.8, 4) is 0 Å². The first kappa shape index (κ1) is 12.6. The van der Waals surface area contributed by atoms with Gasteiger partial charge in [-0.05, 0) is 66.0 Å². The van der Waals surface area contributed by atoms with Crippen molar-refractivity contribution in [1.29, 1.82) is 0 Å². The van der Waals surface area contributed by atoms with Crippen molar-refractivity contribution in [3.63, 3.8) is 0 Å². The van der Waals surface area contributed by atoms with Gasteiger partial charge < -0.3 is 0 Å². The Morgan fingerprint density at radius 2 is 1.80 bits per heavy atom. The SMILES string of the molecule is ClC(c1ccc(Br)s1)c1cc(Br)c(Br)s1. The number of hydrogen-bond acceptors (Lipinski definition) is 2. The van der Waals surface area contributed by atoms with Crippen LogP contribution >= 0.6 is 82.1 Å². The Morgan fingerprint density at radius 3 is 2.27 bits per heavy atom. The lowest BCUT2D eigenvalue weighted by atomic mass is 10.3. The minimum absolute atomic E-state index is 0.0612. The van der Waals surface area contributed by atoms with Crippen LogP contribution in [0.3, 0.4) is 0 Å². The van der Waals surface area contributed by atoms with Gasteiger partial charge in [0.1, 0.15) is 5.38 Å². The van der Waals surface area contributed by atoms with Crippen molar-refractivity contribution in [3.05, 3.63) is 40.0 Å². The highest BCUT2D eigenvalue weighted by molar-refractivity contribution is 9.13. The number of halogens is 4. The average Bonchev–Trinajstić information content (AvgIpc) is 2.74. The predicted octanol–water partition coefficient (Wildman–Crippen LogP) is 6.43. The van der Waals surface area contributed by atoms with E-state index >= 15 is 0 Å². The van der Waals surface area contributed by atoms with E-state index in [9.17, 15) is 0 Å². The second-order valence-corrected chi connectivity index (χ2v) is 8.96. The third kappa shape index (κ3) is 2.87. The van der Waals surface area contributed by atoms with Crippen LogP contribution in [0.4, 0.5) is 0 Å². The molecule has 0 aliphatic rings. The Labute approximate surface area is 126 Å². The van der Waals surface area contributed by atoms with E-state index in [1.165, 1.54) is 0 Å². The van der Waals surface area contributed by atoms with Crippen LogP contribution in [0.15, 0.2) is 30.2 Å². The highest BCUT2D eigenvalue weighted by atomic mass is 79.9. The van der Waals surface area contributed by atoms with Crippen LogP contribution in [0.2, 0.25) is 0 Å². The molecule has 0 nitrogen and oxygen atoms in total. The predicted molar refractivity (Wildman–Crippen MR) is 79.4 cm³/mol. The van der Waals surface area contributed by atoms with E-state index in [2.05, 4.69) is 53.9 Å². The van der Waals surface area contributed by atoms with Gasteiger partial charge in [0.05, 0.1) is 7.57 Å². The third-order valence-corrected chi connectivity index (χ3v) is 7.50. The standard InChI is InChI=1S/C9H4Br3ClS2/c10-4-3-6(15-9(4)12)8(13)5-1-2-7(11)14-5/h1-3,8H. The maximum atomic E-state index is 6.39. The van der Waals surface area contributed by atoms with Crippen LogP contribution in [0.5, 0.6) is 0 Å². The molecule has 15 heavy (non-hydrogen) atoms. The van der Waals surface area contributed by atoms with Gasteiger partial charge in [-0.3, -0.25) is 0 Å². The summed E-state index contributed by atoms with van der Waals surface area (Å²) in [5, 5.41) is -0.0612. The van der Waals surface area contributed by atoms with Crippen LogP contribution in [-0.4, -0.2) is 0 Å². The summed E-state index contributed by atoms with van der Waals surface area (Å²) in [6.45, 7) is 0. The summed E-state index contributed by atoms with van der Waals surface area (Å²) >= 11 is 20.1. The van der Waals surface area contributed by atoms with Gasteiger partial charge in [-0.15, -0.1) is 34.3 Å². The van der Waals surface area contributed by atoms with Gasteiger partial charge in [-0.1, -0.05) is 0 Å². The Bertz CT molecular complexity index is 458. The summed E-state index contributed by atoms with van der Waals surface area (Å²) in [5.41, 5.74) is 0.